The highest BCUT2D eigenvalue weighted by Gasteiger charge is 2.29. The lowest BCUT2D eigenvalue weighted by molar-refractivity contribution is -0.124. The van der Waals surface area contributed by atoms with Crippen molar-refractivity contribution in [3.05, 3.63) is 22.2 Å². The van der Waals surface area contributed by atoms with Gasteiger partial charge in [-0.1, -0.05) is 30.1 Å². The van der Waals surface area contributed by atoms with Crippen molar-refractivity contribution in [1.82, 2.24) is 9.62 Å². The van der Waals surface area contributed by atoms with Crippen molar-refractivity contribution in [2.24, 2.45) is 5.92 Å². The average molecular weight is 354 g/mol. The number of nitrogens with two attached hydrogens (primary N) is 1. The zero-order valence-corrected chi connectivity index (χ0v) is 14.2. The van der Waals surface area contributed by atoms with Crippen LogP contribution < -0.4 is 11.1 Å². The van der Waals surface area contributed by atoms with Gasteiger partial charge < -0.3 is 11.1 Å². The second-order valence-corrected chi connectivity index (χ2v) is 7.41. The molecule has 0 aromatic heterocycles. The standard InChI is InChI=1S/C12H17Cl2N3O3S/c1-7(12(18)16-2)6-17(3)21(19,20)11-9(13)4-8(15)5-10(11)14/h4-5,7H,6,15H2,1-3H3,(H,16,18). The summed E-state index contributed by atoms with van der Waals surface area (Å²) in [5.41, 5.74) is 5.82. The fraction of sp³-hybridized carbons (Fsp3) is 0.417. The molecule has 118 valence electrons. The summed E-state index contributed by atoms with van der Waals surface area (Å²) < 4.78 is 26.1. The molecule has 0 saturated carbocycles. The van der Waals surface area contributed by atoms with Crippen LogP contribution in [0.1, 0.15) is 6.92 Å². The van der Waals surface area contributed by atoms with E-state index in [2.05, 4.69) is 5.32 Å². The molecule has 0 saturated heterocycles. The maximum atomic E-state index is 12.5. The predicted molar refractivity (Wildman–Crippen MR) is 83.9 cm³/mol. The number of anilines is 1. The molecular formula is C12H17Cl2N3O3S. The fourth-order valence-electron chi connectivity index (χ4n) is 1.79. The first-order valence-electron chi connectivity index (χ1n) is 6.03. The lowest BCUT2D eigenvalue weighted by Gasteiger charge is -2.21. The zero-order chi connectivity index (χ0) is 16.4. The summed E-state index contributed by atoms with van der Waals surface area (Å²) in [7, 11) is -1.07. The summed E-state index contributed by atoms with van der Waals surface area (Å²) in [6.45, 7) is 1.62. The predicted octanol–water partition coefficient (Wildman–Crippen LogP) is 1.58. The van der Waals surface area contributed by atoms with E-state index in [9.17, 15) is 13.2 Å². The molecule has 0 heterocycles. The van der Waals surface area contributed by atoms with E-state index in [1.807, 2.05) is 0 Å². The number of rotatable bonds is 5. The van der Waals surface area contributed by atoms with E-state index >= 15 is 0 Å². The maximum Gasteiger partial charge on any atom is 0.245 e. The molecule has 1 rings (SSSR count). The lowest BCUT2D eigenvalue weighted by Crippen LogP contribution is -2.37. The Morgan fingerprint density at radius 2 is 1.86 bits per heavy atom. The quantitative estimate of drug-likeness (QED) is 0.786. The molecule has 1 aromatic rings. The van der Waals surface area contributed by atoms with E-state index in [1.165, 1.54) is 26.2 Å². The summed E-state index contributed by atoms with van der Waals surface area (Å²) >= 11 is 11.9. The van der Waals surface area contributed by atoms with Crippen LogP contribution in [0.15, 0.2) is 17.0 Å². The van der Waals surface area contributed by atoms with Crippen LogP contribution in [0, 0.1) is 5.92 Å². The molecule has 0 bridgehead atoms. The molecule has 1 amide bonds. The molecule has 1 aromatic carbocycles. The molecule has 3 N–H and O–H groups in total. The number of hydrogen-bond acceptors (Lipinski definition) is 4. The highest BCUT2D eigenvalue weighted by Crippen LogP contribution is 2.33. The molecule has 6 nitrogen and oxygen atoms in total. The highest BCUT2D eigenvalue weighted by atomic mass is 35.5. The first kappa shape index (κ1) is 18.0. The van der Waals surface area contributed by atoms with Crippen LogP contribution in [0.2, 0.25) is 10.0 Å². The lowest BCUT2D eigenvalue weighted by atomic mass is 10.2. The van der Waals surface area contributed by atoms with Gasteiger partial charge in [0.1, 0.15) is 4.90 Å². The number of sulfonamides is 1. The van der Waals surface area contributed by atoms with E-state index in [-0.39, 0.29) is 33.1 Å². The summed E-state index contributed by atoms with van der Waals surface area (Å²) in [5.74, 6) is -0.771. The largest absolute Gasteiger partial charge is 0.399 e. The zero-order valence-electron chi connectivity index (χ0n) is 11.9. The number of nitrogen functional groups attached to an aromatic ring is 1. The molecule has 0 fully saturated rings. The Morgan fingerprint density at radius 1 is 1.38 bits per heavy atom. The first-order valence-corrected chi connectivity index (χ1v) is 8.23. The van der Waals surface area contributed by atoms with Crippen LogP contribution in [0.4, 0.5) is 5.69 Å². The fourth-order valence-corrected chi connectivity index (χ4v) is 4.23. The Balaban J connectivity index is 3.15. The van der Waals surface area contributed by atoms with Gasteiger partial charge in [-0.25, -0.2) is 12.7 Å². The van der Waals surface area contributed by atoms with Crippen LogP contribution in [0.3, 0.4) is 0 Å². The SMILES string of the molecule is CNC(=O)C(C)CN(C)S(=O)(=O)c1c(Cl)cc(N)cc1Cl. The summed E-state index contributed by atoms with van der Waals surface area (Å²) in [4.78, 5) is 11.3. The second-order valence-electron chi connectivity index (χ2n) is 4.61. The maximum absolute atomic E-state index is 12.5. The Kier molecular flexibility index (Phi) is 5.86. The number of nitrogens with one attached hydrogen (secondary N) is 1. The second kappa shape index (κ2) is 6.83. The number of halogens is 2. The summed E-state index contributed by atoms with van der Waals surface area (Å²) in [6.07, 6.45) is 0. The van der Waals surface area contributed by atoms with E-state index in [0.29, 0.717) is 0 Å². The molecule has 0 aliphatic heterocycles. The number of hydrogen-bond donors (Lipinski definition) is 2. The van der Waals surface area contributed by atoms with Crippen molar-refractivity contribution >= 4 is 44.8 Å². The Morgan fingerprint density at radius 3 is 2.29 bits per heavy atom. The summed E-state index contributed by atoms with van der Waals surface area (Å²) in [5, 5.41) is 2.35. The van der Waals surface area contributed by atoms with Gasteiger partial charge in [-0.15, -0.1) is 0 Å². The van der Waals surface area contributed by atoms with E-state index < -0.39 is 15.9 Å². The minimum atomic E-state index is -3.92. The van der Waals surface area contributed by atoms with Crippen molar-refractivity contribution < 1.29 is 13.2 Å². The average Bonchev–Trinajstić information content (AvgIpc) is 2.35. The van der Waals surface area contributed by atoms with E-state index in [0.717, 1.165) is 4.31 Å². The van der Waals surface area contributed by atoms with Gasteiger partial charge in [-0.05, 0) is 12.1 Å². The molecular weight excluding hydrogens is 337 g/mol. The van der Waals surface area contributed by atoms with Crippen LogP contribution >= 0.6 is 23.2 Å². The van der Waals surface area contributed by atoms with Crippen molar-refractivity contribution in [3.63, 3.8) is 0 Å². The Hall–Kier alpha value is -1.02. The van der Waals surface area contributed by atoms with Gasteiger partial charge in [0.2, 0.25) is 15.9 Å². The number of amides is 1. The Bertz CT molecular complexity index is 626. The smallest absolute Gasteiger partial charge is 0.245 e. The monoisotopic (exact) mass is 353 g/mol. The molecule has 0 spiro atoms. The normalized spacial score (nSPS) is 13.2. The third kappa shape index (κ3) is 4.00. The summed E-state index contributed by atoms with van der Waals surface area (Å²) in [6, 6.07) is 2.63. The van der Waals surface area contributed by atoms with Crippen molar-refractivity contribution in [3.8, 4) is 0 Å². The number of benzene rings is 1. The van der Waals surface area contributed by atoms with Crippen molar-refractivity contribution in [2.75, 3.05) is 26.4 Å². The van der Waals surface area contributed by atoms with Crippen LogP contribution in [-0.4, -0.2) is 39.3 Å². The van der Waals surface area contributed by atoms with Gasteiger partial charge in [0.15, 0.2) is 0 Å². The molecule has 9 heteroatoms. The van der Waals surface area contributed by atoms with Crippen LogP contribution in [0.5, 0.6) is 0 Å². The number of carbonyl (C=O) groups is 1. The first-order chi connectivity index (χ1) is 9.61. The van der Waals surface area contributed by atoms with Gasteiger partial charge in [0, 0.05) is 32.2 Å². The molecule has 1 atom stereocenters. The Labute approximate surface area is 134 Å². The van der Waals surface area contributed by atoms with Gasteiger partial charge in [0.25, 0.3) is 0 Å². The van der Waals surface area contributed by atoms with Crippen LogP contribution in [-0.2, 0) is 14.8 Å². The van der Waals surface area contributed by atoms with Crippen molar-refractivity contribution in [2.45, 2.75) is 11.8 Å². The van der Waals surface area contributed by atoms with E-state index in [1.54, 1.807) is 6.92 Å². The molecule has 0 aliphatic rings. The molecule has 0 radical (unpaired) electrons. The van der Waals surface area contributed by atoms with Crippen molar-refractivity contribution in [1.29, 1.82) is 0 Å². The van der Waals surface area contributed by atoms with Gasteiger partial charge in [0.05, 0.1) is 10.0 Å². The topological polar surface area (TPSA) is 92.5 Å². The number of carbonyl (C=O) groups excluding carboxylic acids is 1. The molecule has 0 aliphatic carbocycles. The molecule has 21 heavy (non-hydrogen) atoms. The third-order valence-corrected chi connectivity index (χ3v) is 5.66. The minimum Gasteiger partial charge on any atom is -0.399 e. The van der Waals surface area contributed by atoms with E-state index in [4.69, 9.17) is 28.9 Å². The van der Waals surface area contributed by atoms with Gasteiger partial charge >= 0.3 is 0 Å². The van der Waals surface area contributed by atoms with Crippen LogP contribution in [0.25, 0.3) is 0 Å². The minimum absolute atomic E-state index is 0.000952. The molecule has 1 unspecified atom stereocenters. The van der Waals surface area contributed by atoms with Gasteiger partial charge in [-0.3, -0.25) is 4.79 Å². The third-order valence-electron chi connectivity index (χ3n) is 2.91. The van der Waals surface area contributed by atoms with Gasteiger partial charge in [-0.2, -0.15) is 0 Å². The highest BCUT2D eigenvalue weighted by molar-refractivity contribution is 7.89. The number of nitrogens with zero attached hydrogens (tertiary/aromatic N) is 1.